The van der Waals surface area contributed by atoms with Gasteiger partial charge in [-0.05, 0) is 47.4 Å². The molecule has 3 nitrogen and oxygen atoms in total. The van der Waals surface area contributed by atoms with Gasteiger partial charge in [0.25, 0.3) is 0 Å². The number of carbonyl (C=O) groups is 1. The first-order chi connectivity index (χ1) is 13.0. The first-order valence-corrected chi connectivity index (χ1v) is 8.99. The van der Waals surface area contributed by atoms with Crippen LogP contribution in [0.2, 0.25) is 0 Å². The van der Waals surface area contributed by atoms with Gasteiger partial charge in [0.1, 0.15) is 11.5 Å². The lowest BCUT2D eigenvalue weighted by Crippen LogP contribution is -2.26. The Morgan fingerprint density at radius 2 is 1.33 bits per heavy atom. The van der Waals surface area contributed by atoms with Gasteiger partial charge in [-0.3, -0.25) is 4.79 Å². The number of rotatable bonds is 6. The first kappa shape index (κ1) is 18.7. The van der Waals surface area contributed by atoms with Crippen LogP contribution in [0.5, 0.6) is 11.5 Å². The van der Waals surface area contributed by atoms with Crippen LogP contribution in [-0.2, 0) is 16.6 Å². The molecule has 1 unspecified atom stereocenters. The minimum absolute atomic E-state index is 0.234. The van der Waals surface area contributed by atoms with E-state index >= 15 is 0 Å². The number of methoxy groups -OCH3 is 1. The molecule has 0 bridgehead atoms. The number of esters is 1. The standard InChI is InChI=1S/C24H24O3/c1-18(25)27-23-15-11-21(12-16-23)24(2,17-19-7-5-4-6-8-19)20-9-13-22(26-3)14-10-20/h4-16H,17H2,1-3H3. The van der Waals surface area contributed by atoms with E-state index in [-0.39, 0.29) is 11.4 Å². The summed E-state index contributed by atoms with van der Waals surface area (Å²) in [6.07, 6.45) is 0.854. The SMILES string of the molecule is COc1ccc(C(C)(Cc2ccccc2)c2ccc(OC(C)=O)cc2)cc1. The molecule has 3 heteroatoms. The van der Waals surface area contributed by atoms with E-state index in [4.69, 9.17) is 9.47 Å². The van der Waals surface area contributed by atoms with Crippen LogP contribution in [0.4, 0.5) is 0 Å². The molecular formula is C24H24O3. The van der Waals surface area contributed by atoms with Crippen LogP contribution >= 0.6 is 0 Å². The van der Waals surface area contributed by atoms with Crippen molar-refractivity contribution in [2.24, 2.45) is 0 Å². The zero-order valence-corrected chi connectivity index (χ0v) is 15.9. The van der Waals surface area contributed by atoms with Crippen molar-refractivity contribution >= 4 is 5.97 Å². The molecule has 3 rings (SSSR count). The lowest BCUT2D eigenvalue weighted by Gasteiger charge is -2.31. The highest BCUT2D eigenvalue weighted by Crippen LogP contribution is 2.37. The quantitative estimate of drug-likeness (QED) is 0.449. The normalized spacial score (nSPS) is 12.9. The van der Waals surface area contributed by atoms with Crippen LogP contribution in [0.3, 0.4) is 0 Å². The molecule has 0 radical (unpaired) electrons. The Hall–Kier alpha value is -3.07. The Labute approximate surface area is 160 Å². The van der Waals surface area contributed by atoms with Crippen LogP contribution in [0.15, 0.2) is 78.9 Å². The smallest absolute Gasteiger partial charge is 0.308 e. The maximum atomic E-state index is 11.2. The Morgan fingerprint density at radius 1 is 0.815 bits per heavy atom. The molecule has 0 saturated carbocycles. The Balaban J connectivity index is 2.01. The number of ether oxygens (including phenoxy) is 2. The van der Waals surface area contributed by atoms with E-state index in [2.05, 4.69) is 43.3 Å². The third-order valence-electron chi connectivity index (χ3n) is 4.88. The van der Waals surface area contributed by atoms with Crippen molar-refractivity contribution in [1.82, 2.24) is 0 Å². The van der Waals surface area contributed by atoms with Gasteiger partial charge in [-0.2, -0.15) is 0 Å². The van der Waals surface area contributed by atoms with Crippen molar-refractivity contribution in [1.29, 1.82) is 0 Å². The molecule has 27 heavy (non-hydrogen) atoms. The van der Waals surface area contributed by atoms with Crippen molar-refractivity contribution in [3.8, 4) is 11.5 Å². The summed E-state index contributed by atoms with van der Waals surface area (Å²) in [6.45, 7) is 3.65. The number of hydrogen-bond donors (Lipinski definition) is 0. The molecule has 0 aliphatic rings. The summed E-state index contributed by atoms with van der Waals surface area (Å²) in [5, 5.41) is 0. The summed E-state index contributed by atoms with van der Waals surface area (Å²) in [4.78, 5) is 11.2. The van der Waals surface area contributed by atoms with E-state index in [0.717, 1.165) is 17.7 Å². The van der Waals surface area contributed by atoms with Crippen LogP contribution in [-0.4, -0.2) is 13.1 Å². The topological polar surface area (TPSA) is 35.5 Å². The summed E-state index contributed by atoms with van der Waals surface area (Å²) in [7, 11) is 1.67. The lowest BCUT2D eigenvalue weighted by atomic mass is 9.72. The van der Waals surface area contributed by atoms with Gasteiger partial charge in [-0.25, -0.2) is 0 Å². The largest absolute Gasteiger partial charge is 0.497 e. The van der Waals surface area contributed by atoms with Crippen molar-refractivity contribution in [2.75, 3.05) is 7.11 Å². The molecule has 0 amide bonds. The Morgan fingerprint density at radius 3 is 1.81 bits per heavy atom. The van der Waals surface area contributed by atoms with E-state index in [1.165, 1.54) is 18.1 Å². The summed E-state index contributed by atoms with van der Waals surface area (Å²) in [6, 6.07) is 26.4. The average Bonchev–Trinajstić information content (AvgIpc) is 2.69. The van der Waals surface area contributed by atoms with Gasteiger partial charge >= 0.3 is 5.97 Å². The molecule has 0 aliphatic heterocycles. The van der Waals surface area contributed by atoms with Gasteiger partial charge in [0.2, 0.25) is 0 Å². The van der Waals surface area contributed by atoms with Crippen LogP contribution in [0, 0.1) is 0 Å². The second-order valence-electron chi connectivity index (χ2n) is 6.84. The highest BCUT2D eigenvalue weighted by molar-refractivity contribution is 5.69. The van der Waals surface area contributed by atoms with Gasteiger partial charge < -0.3 is 9.47 Å². The maximum Gasteiger partial charge on any atom is 0.308 e. The Bertz CT molecular complexity index is 883. The molecular weight excluding hydrogens is 336 g/mol. The highest BCUT2D eigenvalue weighted by Gasteiger charge is 2.29. The first-order valence-electron chi connectivity index (χ1n) is 8.99. The zero-order valence-electron chi connectivity index (χ0n) is 15.9. The summed E-state index contributed by atoms with van der Waals surface area (Å²) in [5.41, 5.74) is 3.39. The van der Waals surface area contributed by atoms with Crippen LogP contribution < -0.4 is 9.47 Å². The van der Waals surface area contributed by atoms with Crippen molar-refractivity contribution in [2.45, 2.75) is 25.7 Å². The monoisotopic (exact) mass is 360 g/mol. The molecule has 0 aromatic heterocycles. The van der Waals surface area contributed by atoms with Crippen molar-refractivity contribution < 1.29 is 14.3 Å². The average molecular weight is 360 g/mol. The highest BCUT2D eigenvalue weighted by atomic mass is 16.5. The Kier molecular flexibility index (Phi) is 5.60. The molecule has 3 aromatic carbocycles. The number of benzene rings is 3. The van der Waals surface area contributed by atoms with Crippen molar-refractivity contribution in [3.63, 3.8) is 0 Å². The van der Waals surface area contributed by atoms with E-state index in [1.54, 1.807) is 7.11 Å². The van der Waals surface area contributed by atoms with Crippen molar-refractivity contribution in [3.05, 3.63) is 95.6 Å². The second-order valence-corrected chi connectivity index (χ2v) is 6.84. The van der Waals surface area contributed by atoms with Crippen LogP contribution in [0.1, 0.15) is 30.5 Å². The zero-order chi connectivity index (χ0) is 19.3. The number of carbonyl (C=O) groups excluding carboxylic acids is 1. The fraction of sp³-hybridized carbons (Fsp3) is 0.208. The molecule has 0 heterocycles. The minimum Gasteiger partial charge on any atom is -0.497 e. The molecule has 0 spiro atoms. The minimum atomic E-state index is -0.315. The van der Waals surface area contributed by atoms with Gasteiger partial charge in [0, 0.05) is 12.3 Å². The van der Waals surface area contributed by atoms with Gasteiger partial charge in [0.05, 0.1) is 7.11 Å². The summed E-state index contributed by atoms with van der Waals surface area (Å²) in [5.74, 6) is 1.08. The molecule has 0 fully saturated rings. The maximum absolute atomic E-state index is 11.2. The molecule has 3 aromatic rings. The van der Waals surface area contributed by atoms with Gasteiger partial charge in [-0.15, -0.1) is 0 Å². The number of hydrogen-bond acceptors (Lipinski definition) is 3. The van der Waals surface area contributed by atoms with Gasteiger partial charge in [-0.1, -0.05) is 61.5 Å². The predicted octanol–water partition coefficient (Wildman–Crippen LogP) is 5.17. The molecule has 0 N–H and O–H groups in total. The van der Waals surface area contributed by atoms with E-state index < -0.39 is 0 Å². The van der Waals surface area contributed by atoms with E-state index in [1.807, 2.05) is 42.5 Å². The fourth-order valence-corrected chi connectivity index (χ4v) is 3.39. The fourth-order valence-electron chi connectivity index (χ4n) is 3.39. The van der Waals surface area contributed by atoms with Crippen LogP contribution in [0.25, 0.3) is 0 Å². The van der Waals surface area contributed by atoms with E-state index in [0.29, 0.717) is 5.75 Å². The summed E-state index contributed by atoms with van der Waals surface area (Å²) >= 11 is 0. The molecule has 0 aliphatic carbocycles. The second kappa shape index (κ2) is 8.09. The third-order valence-corrected chi connectivity index (χ3v) is 4.88. The van der Waals surface area contributed by atoms with Gasteiger partial charge in [0.15, 0.2) is 0 Å². The summed E-state index contributed by atoms with van der Waals surface area (Å²) < 4.78 is 10.5. The lowest BCUT2D eigenvalue weighted by molar-refractivity contribution is -0.131. The molecule has 0 saturated heterocycles. The van der Waals surface area contributed by atoms with E-state index in [9.17, 15) is 4.79 Å². The third kappa shape index (κ3) is 4.37. The predicted molar refractivity (Wildman–Crippen MR) is 107 cm³/mol. The molecule has 138 valence electrons. The molecule has 1 atom stereocenters.